The molecule has 2 unspecified atom stereocenters. The normalized spacial score (nSPS) is 15.4. The molecule has 0 amide bonds. The average molecular weight is 219 g/mol. The highest BCUT2D eigenvalue weighted by atomic mass is 32.2. The van der Waals surface area contributed by atoms with E-state index in [4.69, 9.17) is 5.11 Å². The summed E-state index contributed by atoms with van der Waals surface area (Å²) in [6.45, 7) is 7.89. The molecule has 2 nitrogen and oxygen atoms in total. The van der Waals surface area contributed by atoms with Crippen molar-refractivity contribution in [2.45, 2.75) is 51.3 Å². The van der Waals surface area contributed by atoms with E-state index < -0.39 is 0 Å². The second-order valence-electron chi connectivity index (χ2n) is 3.77. The zero-order valence-corrected chi connectivity index (χ0v) is 10.6. The van der Waals surface area contributed by atoms with Crippen LogP contribution in [0.4, 0.5) is 0 Å². The van der Waals surface area contributed by atoms with E-state index in [1.165, 1.54) is 19.3 Å². The fourth-order valence-electron chi connectivity index (χ4n) is 1.27. The third-order valence-corrected chi connectivity index (χ3v) is 3.47. The number of hydrogen-bond acceptors (Lipinski definition) is 3. The zero-order chi connectivity index (χ0) is 10.8. The zero-order valence-electron chi connectivity index (χ0n) is 9.75. The summed E-state index contributed by atoms with van der Waals surface area (Å²) in [6.07, 6.45) is 3.67. The predicted octanol–water partition coefficient (Wildman–Crippen LogP) is 2.27. The molecule has 14 heavy (non-hydrogen) atoms. The summed E-state index contributed by atoms with van der Waals surface area (Å²) in [7, 11) is 0. The SMILES string of the molecule is CCCNC(CCC)CSC(C)CO. The highest BCUT2D eigenvalue weighted by Crippen LogP contribution is 2.13. The molecule has 0 fully saturated rings. The van der Waals surface area contributed by atoms with Gasteiger partial charge in [0.1, 0.15) is 0 Å². The molecule has 0 spiro atoms. The summed E-state index contributed by atoms with van der Waals surface area (Å²) in [5.74, 6) is 1.12. The van der Waals surface area contributed by atoms with Crippen molar-refractivity contribution in [2.24, 2.45) is 0 Å². The van der Waals surface area contributed by atoms with Crippen LogP contribution in [0.3, 0.4) is 0 Å². The van der Waals surface area contributed by atoms with Crippen LogP contribution < -0.4 is 5.32 Å². The predicted molar refractivity (Wildman–Crippen MR) is 66.0 cm³/mol. The molecule has 0 bridgehead atoms. The smallest absolute Gasteiger partial charge is 0.0547 e. The van der Waals surface area contributed by atoms with Gasteiger partial charge in [-0.3, -0.25) is 0 Å². The summed E-state index contributed by atoms with van der Waals surface area (Å²) < 4.78 is 0. The van der Waals surface area contributed by atoms with E-state index >= 15 is 0 Å². The van der Waals surface area contributed by atoms with Crippen molar-refractivity contribution in [1.82, 2.24) is 5.32 Å². The Morgan fingerprint density at radius 2 is 2.00 bits per heavy atom. The Kier molecular flexibility index (Phi) is 10.0. The number of hydrogen-bond donors (Lipinski definition) is 2. The minimum atomic E-state index is 0.289. The van der Waals surface area contributed by atoms with Gasteiger partial charge >= 0.3 is 0 Å². The van der Waals surface area contributed by atoms with Crippen LogP contribution in [0.25, 0.3) is 0 Å². The molecular weight excluding hydrogens is 194 g/mol. The minimum Gasteiger partial charge on any atom is -0.395 e. The number of aliphatic hydroxyl groups excluding tert-OH is 1. The molecule has 3 heteroatoms. The molecule has 0 heterocycles. The molecule has 0 aliphatic rings. The summed E-state index contributed by atoms with van der Waals surface area (Å²) in [5.41, 5.74) is 0. The number of thioether (sulfide) groups is 1. The third-order valence-electron chi connectivity index (χ3n) is 2.16. The van der Waals surface area contributed by atoms with Gasteiger partial charge in [-0.2, -0.15) is 11.8 Å². The molecule has 0 aromatic rings. The monoisotopic (exact) mass is 219 g/mol. The van der Waals surface area contributed by atoms with Crippen LogP contribution in [-0.4, -0.2) is 35.3 Å². The van der Waals surface area contributed by atoms with E-state index in [-0.39, 0.29) is 6.61 Å². The Morgan fingerprint density at radius 3 is 2.50 bits per heavy atom. The molecule has 0 saturated heterocycles. The molecule has 0 aliphatic heterocycles. The van der Waals surface area contributed by atoms with Crippen molar-refractivity contribution in [1.29, 1.82) is 0 Å². The number of aliphatic hydroxyl groups is 1. The molecule has 0 rings (SSSR count). The molecule has 2 N–H and O–H groups in total. The second-order valence-corrected chi connectivity index (χ2v) is 5.24. The maximum Gasteiger partial charge on any atom is 0.0547 e. The Bertz CT molecular complexity index is 122. The summed E-state index contributed by atoms with van der Waals surface area (Å²) >= 11 is 1.86. The number of nitrogens with one attached hydrogen (secondary N) is 1. The average Bonchev–Trinajstić information content (AvgIpc) is 2.21. The maximum absolute atomic E-state index is 8.91. The topological polar surface area (TPSA) is 32.3 Å². The fraction of sp³-hybridized carbons (Fsp3) is 1.00. The van der Waals surface area contributed by atoms with Crippen molar-refractivity contribution in [3.05, 3.63) is 0 Å². The lowest BCUT2D eigenvalue weighted by atomic mass is 10.2. The first-order valence-corrected chi connectivity index (χ1v) is 6.75. The van der Waals surface area contributed by atoms with Crippen molar-refractivity contribution >= 4 is 11.8 Å². The lowest BCUT2D eigenvalue weighted by Gasteiger charge is -2.19. The molecule has 2 atom stereocenters. The van der Waals surface area contributed by atoms with Gasteiger partial charge in [0, 0.05) is 17.0 Å². The van der Waals surface area contributed by atoms with E-state index in [1.54, 1.807) is 0 Å². The molecule has 86 valence electrons. The van der Waals surface area contributed by atoms with Gasteiger partial charge in [0.05, 0.1) is 6.61 Å². The van der Waals surface area contributed by atoms with E-state index in [0.29, 0.717) is 11.3 Å². The lowest BCUT2D eigenvalue weighted by Crippen LogP contribution is -2.32. The van der Waals surface area contributed by atoms with Gasteiger partial charge in [-0.25, -0.2) is 0 Å². The van der Waals surface area contributed by atoms with E-state index in [2.05, 4.69) is 26.1 Å². The van der Waals surface area contributed by atoms with E-state index in [9.17, 15) is 0 Å². The van der Waals surface area contributed by atoms with Gasteiger partial charge in [0.15, 0.2) is 0 Å². The van der Waals surface area contributed by atoms with Gasteiger partial charge in [0.25, 0.3) is 0 Å². The van der Waals surface area contributed by atoms with Crippen LogP contribution in [0.2, 0.25) is 0 Å². The van der Waals surface area contributed by atoms with E-state index in [1.807, 2.05) is 11.8 Å². The van der Waals surface area contributed by atoms with Gasteiger partial charge in [-0.15, -0.1) is 0 Å². The standard InChI is InChI=1S/C11H25NOS/c1-4-6-11(12-7-5-2)9-14-10(3)8-13/h10-13H,4-9H2,1-3H3. The van der Waals surface area contributed by atoms with Crippen LogP contribution in [0, 0.1) is 0 Å². The lowest BCUT2D eigenvalue weighted by molar-refractivity contribution is 0.300. The maximum atomic E-state index is 8.91. The molecule has 0 aliphatic carbocycles. The Hall–Kier alpha value is 0.270. The first-order chi connectivity index (χ1) is 6.74. The molecule has 0 saturated carbocycles. The van der Waals surface area contributed by atoms with Crippen LogP contribution in [0.1, 0.15) is 40.0 Å². The quantitative estimate of drug-likeness (QED) is 0.624. The van der Waals surface area contributed by atoms with Gasteiger partial charge in [0.2, 0.25) is 0 Å². The van der Waals surface area contributed by atoms with Crippen molar-refractivity contribution in [2.75, 3.05) is 18.9 Å². The number of rotatable bonds is 9. The first kappa shape index (κ1) is 14.3. The summed E-state index contributed by atoms with van der Waals surface area (Å²) in [6, 6.07) is 0.624. The Balaban J connectivity index is 3.60. The van der Waals surface area contributed by atoms with Gasteiger partial charge < -0.3 is 10.4 Å². The second kappa shape index (κ2) is 9.81. The summed E-state index contributed by atoms with van der Waals surface area (Å²) in [5, 5.41) is 12.8. The van der Waals surface area contributed by atoms with Crippen molar-refractivity contribution < 1.29 is 5.11 Å². The van der Waals surface area contributed by atoms with Gasteiger partial charge in [-0.05, 0) is 19.4 Å². The van der Waals surface area contributed by atoms with Crippen molar-refractivity contribution in [3.8, 4) is 0 Å². The first-order valence-electron chi connectivity index (χ1n) is 5.70. The van der Waals surface area contributed by atoms with Crippen LogP contribution in [-0.2, 0) is 0 Å². The van der Waals surface area contributed by atoms with Crippen LogP contribution in [0.5, 0.6) is 0 Å². The largest absolute Gasteiger partial charge is 0.395 e. The minimum absolute atomic E-state index is 0.289. The molecule has 0 aromatic heterocycles. The Labute approximate surface area is 92.9 Å². The molecular formula is C11H25NOS. The van der Waals surface area contributed by atoms with Crippen LogP contribution in [0.15, 0.2) is 0 Å². The molecule has 0 aromatic carbocycles. The fourth-order valence-corrected chi connectivity index (χ4v) is 2.23. The van der Waals surface area contributed by atoms with Gasteiger partial charge in [-0.1, -0.05) is 27.2 Å². The van der Waals surface area contributed by atoms with Crippen molar-refractivity contribution in [3.63, 3.8) is 0 Å². The summed E-state index contributed by atoms with van der Waals surface area (Å²) in [4.78, 5) is 0. The van der Waals surface area contributed by atoms with Crippen LogP contribution >= 0.6 is 11.8 Å². The highest BCUT2D eigenvalue weighted by molar-refractivity contribution is 7.99. The molecule has 0 radical (unpaired) electrons. The third kappa shape index (κ3) is 7.65. The Morgan fingerprint density at radius 1 is 1.29 bits per heavy atom. The van der Waals surface area contributed by atoms with E-state index in [0.717, 1.165) is 12.3 Å². The highest BCUT2D eigenvalue weighted by Gasteiger charge is 2.08.